The van der Waals surface area contributed by atoms with Crippen LogP contribution in [0.4, 0.5) is 8.78 Å². The molecule has 3 rings (SSSR count). The lowest BCUT2D eigenvalue weighted by atomic mass is 9.91. The predicted molar refractivity (Wildman–Crippen MR) is 98.1 cm³/mol. The van der Waals surface area contributed by atoms with Crippen LogP contribution in [-0.2, 0) is 4.79 Å². The maximum Gasteiger partial charge on any atom is 0.230 e. The third-order valence-electron chi connectivity index (χ3n) is 4.80. The van der Waals surface area contributed by atoms with Crippen molar-refractivity contribution in [2.24, 2.45) is 11.1 Å². The molecule has 1 aliphatic heterocycles. The van der Waals surface area contributed by atoms with E-state index >= 15 is 0 Å². The van der Waals surface area contributed by atoms with Crippen LogP contribution in [0.3, 0.4) is 0 Å². The monoisotopic (exact) mass is 356 g/mol. The fraction of sp³-hybridized carbons (Fsp3) is 0.286. The van der Waals surface area contributed by atoms with E-state index in [9.17, 15) is 13.6 Å². The quantitative estimate of drug-likeness (QED) is 0.903. The van der Waals surface area contributed by atoms with Crippen molar-refractivity contribution in [2.75, 3.05) is 13.1 Å². The SMILES string of the molecule is CC(C)(CN)C(=O)N1CC(c2cc(F)ccc2F)=C[C@H]1c1ccccc1. The van der Waals surface area contributed by atoms with E-state index in [1.54, 1.807) is 18.7 Å². The molecule has 1 heterocycles. The second kappa shape index (κ2) is 7.00. The molecule has 26 heavy (non-hydrogen) atoms. The Morgan fingerprint density at radius 2 is 1.88 bits per heavy atom. The van der Waals surface area contributed by atoms with Crippen molar-refractivity contribution < 1.29 is 13.6 Å². The number of hydrogen-bond acceptors (Lipinski definition) is 2. The van der Waals surface area contributed by atoms with Crippen molar-refractivity contribution in [3.05, 3.63) is 77.4 Å². The van der Waals surface area contributed by atoms with Gasteiger partial charge in [-0.1, -0.05) is 36.4 Å². The van der Waals surface area contributed by atoms with Crippen molar-refractivity contribution in [1.82, 2.24) is 4.90 Å². The van der Waals surface area contributed by atoms with Gasteiger partial charge in [0.15, 0.2) is 0 Å². The molecule has 0 saturated heterocycles. The van der Waals surface area contributed by atoms with Crippen molar-refractivity contribution in [3.63, 3.8) is 0 Å². The highest BCUT2D eigenvalue weighted by Gasteiger charge is 2.38. The van der Waals surface area contributed by atoms with Gasteiger partial charge in [-0.15, -0.1) is 0 Å². The fourth-order valence-corrected chi connectivity index (χ4v) is 3.13. The molecule has 1 amide bonds. The van der Waals surface area contributed by atoms with Crippen LogP contribution in [0.5, 0.6) is 0 Å². The molecule has 1 atom stereocenters. The van der Waals surface area contributed by atoms with Crippen molar-refractivity contribution >= 4 is 11.5 Å². The Balaban J connectivity index is 2.04. The molecule has 0 radical (unpaired) electrons. The van der Waals surface area contributed by atoms with Gasteiger partial charge in [-0.3, -0.25) is 4.79 Å². The maximum atomic E-state index is 14.2. The van der Waals surface area contributed by atoms with Crippen LogP contribution in [0.25, 0.3) is 5.57 Å². The van der Waals surface area contributed by atoms with Crippen LogP contribution in [-0.4, -0.2) is 23.9 Å². The number of carbonyl (C=O) groups is 1. The van der Waals surface area contributed by atoms with Gasteiger partial charge in [-0.2, -0.15) is 0 Å². The van der Waals surface area contributed by atoms with E-state index in [1.165, 1.54) is 6.07 Å². The van der Waals surface area contributed by atoms with E-state index in [1.807, 2.05) is 36.4 Å². The molecule has 1 aliphatic rings. The second-order valence-corrected chi connectivity index (χ2v) is 7.19. The van der Waals surface area contributed by atoms with Crippen LogP contribution in [0.15, 0.2) is 54.6 Å². The smallest absolute Gasteiger partial charge is 0.230 e. The summed E-state index contributed by atoms with van der Waals surface area (Å²) >= 11 is 0. The summed E-state index contributed by atoms with van der Waals surface area (Å²) in [4.78, 5) is 14.7. The molecule has 0 aromatic heterocycles. The average molecular weight is 356 g/mol. The molecule has 0 aliphatic carbocycles. The van der Waals surface area contributed by atoms with Crippen LogP contribution < -0.4 is 5.73 Å². The summed E-state index contributed by atoms with van der Waals surface area (Å²) in [6.45, 7) is 3.99. The zero-order chi connectivity index (χ0) is 18.9. The lowest BCUT2D eigenvalue weighted by molar-refractivity contribution is -0.140. The van der Waals surface area contributed by atoms with E-state index in [4.69, 9.17) is 5.73 Å². The molecule has 0 saturated carbocycles. The lowest BCUT2D eigenvalue weighted by Crippen LogP contribution is -2.44. The van der Waals surface area contributed by atoms with Gasteiger partial charge in [0.2, 0.25) is 5.91 Å². The first-order chi connectivity index (χ1) is 12.3. The van der Waals surface area contributed by atoms with Gasteiger partial charge in [0.1, 0.15) is 11.6 Å². The van der Waals surface area contributed by atoms with E-state index in [0.717, 1.165) is 17.7 Å². The Bertz CT molecular complexity index is 846. The second-order valence-electron chi connectivity index (χ2n) is 7.19. The molecule has 0 fully saturated rings. The Kier molecular flexibility index (Phi) is 4.92. The molecule has 2 aromatic carbocycles. The third-order valence-corrected chi connectivity index (χ3v) is 4.80. The van der Waals surface area contributed by atoms with E-state index < -0.39 is 17.0 Å². The van der Waals surface area contributed by atoms with Gasteiger partial charge in [-0.25, -0.2) is 8.78 Å². The first-order valence-corrected chi connectivity index (χ1v) is 8.55. The first-order valence-electron chi connectivity index (χ1n) is 8.55. The van der Waals surface area contributed by atoms with Gasteiger partial charge in [-0.05, 0) is 43.2 Å². The number of nitrogens with zero attached hydrogens (tertiary/aromatic N) is 1. The first kappa shape index (κ1) is 18.3. The van der Waals surface area contributed by atoms with Gasteiger partial charge >= 0.3 is 0 Å². The number of nitrogens with two attached hydrogens (primary N) is 1. The highest BCUT2D eigenvalue weighted by atomic mass is 19.1. The molecule has 2 N–H and O–H groups in total. The van der Waals surface area contributed by atoms with Gasteiger partial charge in [0.25, 0.3) is 0 Å². The summed E-state index contributed by atoms with van der Waals surface area (Å²) in [6.07, 6.45) is 1.83. The number of benzene rings is 2. The minimum atomic E-state index is -0.739. The Labute approximate surface area is 152 Å². The standard InChI is InChI=1S/C21H22F2N2O/c1-21(2,13-24)20(26)25-12-15(17-11-16(22)8-9-18(17)23)10-19(25)14-6-4-3-5-7-14/h3-11,19H,12-13,24H2,1-2H3/t19-/m0/s1. The number of rotatable bonds is 4. The number of amides is 1. The molecule has 5 heteroatoms. The number of hydrogen-bond donors (Lipinski definition) is 1. The van der Waals surface area contributed by atoms with Crippen LogP contribution >= 0.6 is 0 Å². The molecule has 136 valence electrons. The normalized spacial score (nSPS) is 17.3. The molecule has 0 unspecified atom stereocenters. The number of carbonyl (C=O) groups excluding carboxylic acids is 1. The summed E-state index contributed by atoms with van der Waals surface area (Å²) in [5.74, 6) is -1.13. The topological polar surface area (TPSA) is 46.3 Å². The molecular formula is C21H22F2N2O. The lowest BCUT2D eigenvalue weighted by Gasteiger charge is -2.32. The zero-order valence-corrected chi connectivity index (χ0v) is 14.9. The number of halogens is 2. The average Bonchev–Trinajstić information content (AvgIpc) is 3.08. The summed E-state index contributed by atoms with van der Waals surface area (Å²) in [6, 6.07) is 12.5. The van der Waals surface area contributed by atoms with E-state index in [0.29, 0.717) is 5.57 Å². The minimum Gasteiger partial charge on any atom is -0.329 e. The molecular weight excluding hydrogens is 334 g/mol. The van der Waals surface area contributed by atoms with E-state index in [-0.39, 0.29) is 30.6 Å². The highest BCUT2D eigenvalue weighted by Crippen LogP contribution is 2.38. The van der Waals surface area contributed by atoms with Gasteiger partial charge in [0.05, 0.1) is 11.5 Å². The maximum absolute atomic E-state index is 14.2. The minimum absolute atomic E-state index is 0.114. The van der Waals surface area contributed by atoms with Crippen molar-refractivity contribution in [3.8, 4) is 0 Å². The Morgan fingerprint density at radius 3 is 2.54 bits per heavy atom. The van der Waals surface area contributed by atoms with E-state index in [2.05, 4.69) is 0 Å². The van der Waals surface area contributed by atoms with Crippen molar-refractivity contribution in [2.45, 2.75) is 19.9 Å². The predicted octanol–water partition coefficient (Wildman–Crippen LogP) is 3.92. The Hall–Kier alpha value is -2.53. The van der Waals surface area contributed by atoms with Gasteiger partial charge in [0, 0.05) is 18.7 Å². The highest BCUT2D eigenvalue weighted by molar-refractivity contribution is 5.87. The Morgan fingerprint density at radius 1 is 1.19 bits per heavy atom. The molecule has 2 aromatic rings. The van der Waals surface area contributed by atoms with Crippen LogP contribution in [0.1, 0.15) is 31.0 Å². The van der Waals surface area contributed by atoms with Crippen LogP contribution in [0, 0.1) is 17.0 Å². The largest absolute Gasteiger partial charge is 0.329 e. The molecule has 3 nitrogen and oxygen atoms in total. The summed E-state index contributed by atoms with van der Waals surface area (Å²) in [7, 11) is 0. The van der Waals surface area contributed by atoms with Crippen molar-refractivity contribution in [1.29, 1.82) is 0 Å². The summed E-state index contributed by atoms with van der Waals surface area (Å²) < 4.78 is 27.9. The summed E-state index contributed by atoms with van der Waals surface area (Å²) in [5, 5.41) is 0. The summed E-state index contributed by atoms with van der Waals surface area (Å²) in [5.41, 5.74) is 6.73. The van der Waals surface area contributed by atoms with Crippen LogP contribution in [0.2, 0.25) is 0 Å². The zero-order valence-electron chi connectivity index (χ0n) is 14.9. The fourth-order valence-electron chi connectivity index (χ4n) is 3.13. The molecule has 0 bridgehead atoms. The molecule has 0 spiro atoms. The third kappa shape index (κ3) is 3.40. The van der Waals surface area contributed by atoms with Gasteiger partial charge < -0.3 is 10.6 Å².